The van der Waals surface area contributed by atoms with Crippen molar-refractivity contribution in [2.75, 3.05) is 12.4 Å². The fourth-order valence-corrected chi connectivity index (χ4v) is 2.53. The molecule has 0 atom stereocenters. The smallest absolute Gasteiger partial charge is 0.259 e. The predicted molar refractivity (Wildman–Crippen MR) is 84.8 cm³/mol. The number of benzene rings is 2. The third kappa shape index (κ3) is 3.32. The molecule has 2 aromatic rings. The van der Waals surface area contributed by atoms with Crippen molar-refractivity contribution in [1.29, 1.82) is 0 Å². The summed E-state index contributed by atoms with van der Waals surface area (Å²) in [7, 11) is 1.52. The molecule has 1 amide bonds. The number of rotatable bonds is 3. The summed E-state index contributed by atoms with van der Waals surface area (Å²) in [6, 6.07) is 10.6. The Hall–Kier alpha value is -1.52. The second-order valence-electron chi connectivity index (χ2n) is 4.28. The van der Waals surface area contributed by atoms with Gasteiger partial charge in [-0.15, -0.1) is 0 Å². The first kappa shape index (κ1) is 14.9. The monoisotopic (exact) mass is 353 g/mol. The van der Waals surface area contributed by atoms with Crippen molar-refractivity contribution >= 4 is 39.1 Å². The van der Waals surface area contributed by atoms with Crippen LogP contribution in [0, 0.1) is 6.92 Å². The maximum Gasteiger partial charge on any atom is 0.259 e. The van der Waals surface area contributed by atoms with Crippen LogP contribution < -0.4 is 10.1 Å². The molecule has 3 nitrogen and oxygen atoms in total. The second-order valence-corrected chi connectivity index (χ2v) is 5.57. The Balaban J connectivity index is 2.30. The third-order valence-corrected chi connectivity index (χ3v) is 3.67. The normalized spacial score (nSPS) is 10.2. The zero-order valence-corrected chi connectivity index (χ0v) is 13.4. The lowest BCUT2D eigenvalue weighted by Gasteiger charge is -2.11. The van der Waals surface area contributed by atoms with Crippen LogP contribution in [-0.4, -0.2) is 13.0 Å². The maximum absolute atomic E-state index is 12.3. The lowest BCUT2D eigenvalue weighted by atomic mass is 10.1. The summed E-state index contributed by atoms with van der Waals surface area (Å²) in [5.74, 6) is 0.212. The van der Waals surface area contributed by atoms with Crippen molar-refractivity contribution < 1.29 is 9.53 Å². The van der Waals surface area contributed by atoms with Crippen LogP contribution in [0.25, 0.3) is 0 Å². The highest BCUT2D eigenvalue weighted by Gasteiger charge is 2.14. The molecule has 104 valence electrons. The number of hydrogen-bond donors (Lipinski definition) is 1. The summed E-state index contributed by atoms with van der Waals surface area (Å²) in [6.07, 6.45) is 0. The molecular formula is C15H13BrClNO2. The van der Waals surface area contributed by atoms with Crippen LogP contribution in [0.2, 0.25) is 5.02 Å². The number of anilines is 1. The van der Waals surface area contributed by atoms with E-state index in [0.717, 1.165) is 10.0 Å². The van der Waals surface area contributed by atoms with Crippen LogP contribution in [0.15, 0.2) is 40.9 Å². The molecule has 0 heterocycles. The number of aryl methyl sites for hydroxylation is 1. The van der Waals surface area contributed by atoms with E-state index >= 15 is 0 Å². The molecule has 0 unspecified atom stereocenters. The number of methoxy groups -OCH3 is 1. The van der Waals surface area contributed by atoms with E-state index < -0.39 is 0 Å². The van der Waals surface area contributed by atoms with Gasteiger partial charge in [-0.2, -0.15) is 0 Å². The Bertz CT molecular complexity index is 658. The van der Waals surface area contributed by atoms with Crippen molar-refractivity contribution in [3.63, 3.8) is 0 Å². The fraction of sp³-hybridized carbons (Fsp3) is 0.133. The second kappa shape index (κ2) is 6.29. The van der Waals surface area contributed by atoms with E-state index in [2.05, 4.69) is 21.2 Å². The molecule has 20 heavy (non-hydrogen) atoms. The first-order valence-corrected chi connectivity index (χ1v) is 7.09. The van der Waals surface area contributed by atoms with Crippen LogP contribution in [0.3, 0.4) is 0 Å². The van der Waals surface area contributed by atoms with E-state index in [0.29, 0.717) is 22.0 Å². The van der Waals surface area contributed by atoms with Crippen LogP contribution in [-0.2, 0) is 0 Å². The number of carbonyl (C=O) groups is 1. The Morgan fingerprint density at radius 3 is 2.65 bits per heavy atom. The van der Waals surface area contributed by atoms with Gasteiger partial charge in [0, 0.05) is 9.50 Å². The minimum Gasteiger partial charge on any atom is -0.496 e. The maximum atomic E-state index is 12.3. The van der Waals surface area contributed by atoms with Gasteiger partial charge in [-0.1, -0.05) is 17.7 Å². The molecule has 1 N–H and O–H groups in total. The number of amides is 1. The van der Waals surface area contributed by atoms with E-state index in [9.17, 15) is 4.79 Å². The van der Waals surface area contributed by atoms with E-state index in [1.807, 2.05) is 25.1 Å². The summed E-state index contributed by atoms with van der Waals surface area (Å²) in [4.78, 5) is 12.3. The van der Waals surface area contributed by atoms with Gasteiger partial charge in [0.1, 0.15) is 5.75 Å². The molecule has 0 aliphatic heterocycles. The highest BCUT2D eigenvalue weighted by Crippen LogP contribution is 2.27. The molecule has 0 fully saturated rings. The molecule has 0 saturated heterocycles. The highest BCUT2D eigenvalue weighted by atomic mass is 79.9. The van der Waals surface area contributed by atoms with Gasteiger partial charge in [-0.05, 0) is 58.7 Å². The predicted octanol–water partition coefficient (Wildman–Crippen LogP) is 4.67. The zero-order chi connectivity index (χ0) is 14.7. The quantitative estimate of drug-likeness (QED) is 0.869. The van der Waals surface area contributed by atoms with Crippen molar-refractivity contribution in [1.82, 2.24) is 0 Å². The molecular weight excluding hydrogens is 342 g/mol. The summed E-state index contributed by atoms with van der Waals surface area (Å²) in [5, 5.41) is 3.32. The largest absolute Gasteiger partial charge is 0.496 e. The Labute approximate surface area is 131 Å². The number of ether oxygens (including phenoxy) is 1. The molecule has 0 spiro atoms. The third-order valence-electron chi connectivity index (χ3n) is 2.78. The first-order chi connectivity index (χ1) is 9.51. The van der Waals surface area contributed by atoms with E-state index in [1.165, 1.54) is 7.11 Å². The minimum atomic E-state index is -0.270. The number of halogens is 2. The van der Waals surface area contributed by atoms with Gasteiger partial charge >= 0.3 is 0 Å². The van der Waals surface area contributed by atoms with Crippen LogP contribution in [0.5, 0.6) is 5.75 Å². The van der Waals surface area contributed by atoms with E-state index in [1.54, 1.807) is 18.2 Å². The SMILES string of the molecule is COc1ccc(Cl)cc1C(=O)Nc1ccc(C)cc1Br. The molecule has 5 heteroatoms. The van der Waals surface area contributed by atoms with Gasteiger partial charge in [-0.3, -0.25) is 4.79 Å². The molecule has 2 aromatic carbocycles. The van der Waals surface area contributed by atoms with Gasteiger partial charge in [0.15, 0.2) is 0 Å². The zero-order valence-electron chi connectivity index (χ0n) is 11.0. The Morgan fingerprint density at radius 1 is 1.25 bits per heavy atom. The number of carbonyl (C=O) groups excluding carboxylic acids is 1. The van der Waals surface area contributed by atoms with Crippen LogP contribution in [0.1, 0.15) is 15.9 Å². The number of hydrogen-bond acceptors (Lipinski definition) is 2. The summed E-state index contributed by atoms with van der Waals surface area (Å²) in [6.45, 7) is 1.98. The van der Waals surface area contributed by atoms with E-state index in [-0.39, 0.29) is 5.91 Å². The fourth-order valence-electron chi connectivity index (χ4n) is 1.77. The van der Waals surface area contributed by atoms with Crippen molar-refractivity contribution in [3.8, 4) is 5.75 Å². The van der Waals surface area contributed by atoms with Gasteiger partial charge in [-0.25, -0.2) is 0 Å². The van der Waals surface area contributed by atoms with Crippen molar-refractivity contribution in [2.24, 2.45) is 0 Å². The van der Waals surface area contributed by atoms with Crippen molar-refractivity contribution in [2.45, 2.75) is 6.92 Å². The lowest BCUT2D eigenvalue weighted by molar-refractivity contribution is 0.102. The van der Waals surface area contributed by atoms with Gasteiger partial charge in [0.05, 0.1) is 18.4 Å². The first-order valence-electron chi connectivity index (χ1n) is 5.92. The lowest BCUT2D eigenvalue weighted by Crippen LogP contribution is -2.13. The Morgan fingerprint density at radius 2 is 2.00 bits per heavy atom. The topological polar surface area (TPSA) is 38.3 Å². The highest BCUT2D eigenvalue weighted by molar-refractivity contribution is 9.10. The number of nitrogens with one attached hydrogen (secondary N) is 1. The van der Waals surface area contributed by atoms with Gasteiger partial charge in [0.25, 0.3) is 5.91 Å². The Kier molecular flexibility index (Phi) is 4.68. The molecule has 0 aliphatic rings. The summed E-state index contributed by atoms with van der Waals surface area (Å²) >= 11 is 9.35. The van der Waals surface area contributed by atoms with Crippen molar-refractivity contribution in [3.05, 3.63) is 57.0 Å². The molecule has 2 rings (SSSR count). The van der Waals surface area contributed by atoms with Crippen LogP contribution >= 0.6 is 27.5 Å². The summed E-state index contributed by atoms with van der Waals surface area (Å²) < 4.78 is 6.00. The van der Waals surface area contributed by atoms with Gasteiger partial charge < -0.3 is 10.1 Å². The summed E-state index contributed by atoms with van der Waals surface area (Å²) in [5.41, 5.74) is 2.20. The average molecular weight is 355 g/mol. The molecule has 0 bridgehead atoms. The minimum absolute atomic E-state index is 0.270. The van der Waals surface area contributed by atoms with E-state index in [4.69, 9.17) is 16.3 Å². The van der Waals surface area contributed by atoms with Crippen LogP contribution in [0.4, 0.5) is 5.69 Å². The molecule has 0 aliphatic carbocycles. The average Bonchev–Trinajstić information content (AvgIpc) is 2.41. The molecule has 0 aromatic heterocycles. The molecule has 0 saturated carbocycles. The standard InChI is InChI=1S/C15H13BrClNO2/c1-9-3-5-13(12(16)7-9)18-15(19)11-8-10(17)4-6-14(11)20-2/h3-8H,1-2H3,(H,18,19). The molecule has 0 radical (unpaired) electrons. The van der Waals surface area contributed by atoms with Gasteiger partial charge in [0.2, 0.25) is 0 Å².